The highest BCUT2D eigenvalue weighted by molar-refractivity contribution is 5.87. The SMILES string of the molecule is CC(C)N1CCC[C@]2(CCN(C(=O)CN(C)c3ccccc3)C2)C1=O. The largest absolute Gasteiger partial charge is 0.365 e. The Morgan fingerprint density at radius 1 is 1.20 bits per heavy atom. The number of rotatable bonds is 4. The van der Waals surface area contributed by atoms with E-state index in [-0.39, 0.29) is 23.3 Å². The first-order valence-electron chi connectivity index (χ1n) is 9.28. The maximum atomic E-state index is 13.0. The third kappa shape index (κ3) is 3.51. The van der Waals surface area contributed by atoms with Crippen molar-refractivity contribution < 1.29 is 9.59 Å². The Balaban J connectivity index is 1.64. The van der Waals surface area contributed by atoms with Gasteiger partial charge >= 0.3 is 0 Å². The van der Waals surface area contributed by atoms with Crippen LogP contribution in [0.1, 0.15) is 33.1 Å². The summed E-state index contributed by atoms with van der Waals surface area (Å²) in [6.45, 7) is 6.62. The van der Waals surface area contributed by atoms with Crippen LogP contribution >= 0.6 is 0 Å². The predicted molar refractivity (Wildman–Crippen MR) is 99.4 cm³/mol. The highest BCUT2D eigenvalue weighted by Gasteiger charge is 2.49. The Labute approximate surface area is 150 Å². The van der Waals surface area contributed by atoms with Gasteiger partial charge in [0.1, 0.15) is 0 Å². The lowest BCUT2D eigenvalue weighted by atomic mass is 9.78. The van der Waals surface area contributed by atoms with Gasteiger partial charge in [0.25, 0.3) is 0 Å². The number of hydrogen-bond donors (Lipinski definition) is 0. The standard InChI is InChI=1S/C20H29N3O2/c1-16(2)23-12-7-10-20(19(23)25)11-13-22(15-20)18(24)14-21(3)17-8-5-4-6-9-17/h4-6,8-9,16H,7,10-15H2,1-3H3/t20-/m1/s1. The number of likely N-dealkylation sites (tertiary alicyclic amines) is 2. The van der Waals surface area contributed by atoms with E-state index < -0.39 is 0 Å². The summed E-state index contributed by atoms with van der Waals surface area (Å²) in [5.74, 6) is 0.359. The molecule has 1 aromatic carbocycles. The zero-order valence-corrected chi connectivity index (χ0v) is 15.6. The average Bonchev–Trinajstić information content (AvgIpc) is 3.03. The normalized spacial score (nSPS) is 23.6. The molecule has 2 saturated heterocycles. The van der Waals surface area contributed by atoms with Crippen LogP contribution in [0.4, 0.5) is 5.69 Å². The second-order valence-corrected chi connectivity index (χ2v) is 7.73. The molecule has 0 aromatic heterocycles. The summed E-state index contributed by atoms with van der Waals surface area (Å²) in [6, 6.07) is 10.2. The van der Waals surface area contributed by atoms with Crippen LogP contribution in [0.25, 0.3) is 0 Å². The van der Waals surface area contributed by atoms with Crippen LogP contribution in [0.2, 0.25) is 0 Å². The van der Waals surface area contributed by atoms with E-state index in [1.165, 1.54) is 0 Å². The lowest BCUT2D eigenvalue weighted by Gasteiger charge is -2.41. The second-order valence-electron chi connectivity index (χ2n) is 7.73. The third-order valence-corrected chi connectivity index (χ3v) is 5.67. The van der Waals surface area contributed by atoms with Crippen LogP contribution in [0.3, 0.4) is 0 Å². The topological polar surface area (TPSA) is 43.9 Å². The van der Waals surface area contributed by atoms with Crippen LogP contribution in [0.5, 0.6) is 0 Å². The number of nitrogens with zero attached hydrogens (tertiary/aromatic N) is 3. The molecule has 3 rings (SSSR count). The van der Waals surface area contributed by atoms with Crippen molar-refractivity contribution in [3.63, 3.8) is 0 Å². The lowest BCUT2D eigenvalue weighted by Crippen LogP contribution is -2.53. The van der Waals surface area contributed by atoms with E-state index in [0.717, 1.165) is 31.5 Å². The summed E-state index contributed by atoms with van der Waals surface area (Å²) < 4.78 is 0. The van der Waals surface area contributed by atoms with E-state index in [0.29, 0.717) is 19.6 Å². The van der Waals surface area contributed by atoms with Crippen molar-refractivity contribution in [2.45, 2.75) is 39.2 Å². The van der Waals surface area contributed by atoms with Gasteiger partial charge in [0.15, 0.2) is 0 Å². The molecule has 136 valence electrons. The third-order valence-electron chi connectivity index (χ3n) is 5.67. The van der Waals surface area contributed by atoms with E-state index in [1.54, 1.807) is 0 Å². The van der Waals surface area contributed by atoms with Crippen molar-refractivity contribution in [1.29, 1.82) is 0 Å². The fraction of sp³-hybridized carbons (Fsp3) is 0.600. The first kappa shape index (κ1) is 17.8. The van der Waals surface area contributed by atoms with Crippen LogP contribution in [-0.2, 0) is 9.59 Å². The number of anilines is 1. The predicted octanol–water partition coefficient (Wildman–Crippen LogP) is 2.37. The molecule has 0 saturated carbocycles. The Kier molecular flexibility index (Phi) is 5.02. The molecule has 5 heteroatoms. The molecule has 1 aromatic rings. The summed E-state index contributed by atoms with van der Waals surface area (Å²) in [7, 11) is 1.94. The van der Waals surface area contributed by atoms with Crippen molar-refractivity contribution in [3.05, 3.63) is 30.3 Å². The van der Waals surface area contributed by atoms with Gasteiger partial charge < -0.3 is 14.7 Å². The number of piperidine rings is 1. The molecule has 0 N–H and O–H groups in total. The summed E-state index contributed by atoms with van der Waals surface area (Å²) >= 11 is 0. The summed E-state index contributed by atoms with van der Waals surface area (Å²) in [4.78, 5) is 31.6. The lowest BCUT2D eigenvalue weighted by molar-refractivity contribution is -0.148. The monoisotopic (exact) mass is 343 g/mol. The number of carbonyl (C=O) groups excluding carboxylic acids is 2. The van der Waals surface area contributed by atoms with E-state index in [4.69, 9.17) is 0 Å². The van der Waals surface area contributed by atoms with Crippen molar-refractivity contribution >= 4 is 17.5 Å². The van der Waals surface area contributed by atoms with Crippen LogP contribution in [-0.4, -0.2) is 60.9 Å². The summed E-state index contributed by atoms with van der Waals surface area (Å²) in [5, 5.41) is 0. The molecule has 0 radical (unpaired) electrons. The fourth-order valence-corrected chi connectivity index (χ4v) is 4.13. The van der Waals surface area contributed by atoms with Gasteiger partial charge in [0.2, 0.25) is 11.8 Å². The number of benzene rings is 1. The Hall–Kier alpha value is -2.04. The van der Waals surface area contributed by atoms with Gasteiger partial charge in [0.05, 0.1) is 12.0 Å². The first-order chi connectivity index (χ1) is 11.9. The Bertz CT molecular complexity index is 631. The van der Waals surface area contributed by atoms with Crippen LogP contribution in [0, 0.1) is 5.41 Å². The number of likely N-dealkylation sites (N-methyl/N-ethyl adjacent to an activating group) is 1. The fourth-order valence-electron chi connectivity index (χ4n) is 4.13. The molecule has 0 aliphatic carbocycles. The molecule has 2 heterocycles. The molecule has 5 nitrogen and oxygen atoms in total. The van der Waals surface area contributed by atoms with Gasteiger partial charge in [-0.3, -0.25) is 9.59 Å². The van der Waals surface area contributed by atoms with E-state index >= 15 is 0 Å². The zero-order valence-electron chi connectivity index (χ0n) is 15.6. The molecule has 2 amide bonds. The molecule has 2 aliphatic rings. The smallest absolute Gasteiger partial charge is 0.242 e. The number of hydrogen-bond acceptors (Lipinski definition) is 3. The molecule has 0 unspecified atom stereocenters. The summed E-state index contributed by atoms with van der Waals surface area (Å²) in [6.07, 6.45) is 2.75. The first-order valence-corrected chi connectivity index (χ1v) is 9.28. The van der Waals surface area contributed by atoms with Gasteiger partial charge in [-0.25, -0.2) is 0 Å². The van der Waals surface area contributed by atoms with E-state index in [9.17, 15) is 9.59 Å². The average molecular weight is 343 g/mol. The molecule has 2 aliphatic heterocycles. The van der Waals surface area contributed by atoms with E-state index in [1.807, 2.05) is 52.1 Å². The van der Waals surface area contributed by atoms with Gasteiger partial charge in [-0.15, -0.1) is 0 Å². The van der Waals surface area contributed by atoms with Gasteiger partial charge in [-0.05, 0) is 45.2 Å². The number of carbonyl (C=O) groups is 2. The van der Waals surface area contributed by atoms with Gasteiger partial charge in [-0.1, -0.05) is 18.2 Å². The Morgan fingerprint density at radius 3 is 2.60 bits per heavy atom. The molecule has 1 atom stereocenters. The highest BCUT2D eigenvalue weighted by Crippen LogP contribution is 2.40. The molecule has 25 heavy (non-hydrogen) atoms. The van der Waals surface area contributed by atoms with Gasteiger partial charge in [0, 0.05) is 38.4 Å². The quantitative estimate of drug-likeness (QED) is 0.843. The van der Waals surface area contributed by atoms with E-state index in [2.05, 4.69) is 13.8 Å². The number of para-hydroxylation sites is 1. The molecule has 2 fully saturated rings. The maximum Gasteiger partial charge on any atom is 0.242 e. The minimum Gasteiger partial charge on any atom is -0.365 e. The van der Waals surface area contributed by atoms with Crippen LogP contribution < -0.4 is 4.90 Å². The van der Waals surface area contributed by atoms with Crippen molar-refractivity contribution in [2.75, 3.05) is 38.1 Å². The second kappa shape index (κ2) is 7.06. The maximum absolute atomic E-state index is 13.0. The number of amides is 2. The summed E-state index contributed by atoms with van der Waals surface area (Å²) in [5.41, 5.74) is 0.688. The molecular weight excluding hydrogens is 314 g/mol. The molecule has 0 bridgehead atoms. The Morgan fingerprint density at radius 2 is 1.92 bits per heavy atom. The molecule has 1 spiro atoms. The van der Waals surface area contributed by atoms with Crippen molar-refractivity contribution in [1.82, 2.24) is 9.80 Å². The van der Waals surface area contributed by atoms with Crippen molar-refractivity contribution in [3.8, 4) is 0 Å². The van der Waals surface area contributed by atoms with Crippen LogP contribution in [0.15, 0.2) is 30.3 Å². The zero-order chi connectivity index (χ0) is 18.0. The minimum atomic E-state index is -0.344. The van der Waals surface area contributed by atoms with Crippen molar-refractivity contribution in [2.24, 2.45) is 5.41 Å². The highest BCUT2D eigenvalue weighted by atomic mass is 16.2. The minimum absolute atomic E-state index is 0.109. The molecular formula is C20H29N3O2. The van der Waals surface area contributed by atoms with Gasteiger partial charge in [-0.2, -0.15) is 0 Å².